The Bertz CT molecular complexity index is 659. The molecule has 0 aliphatic carbocycles. The van der Waals surface area contributed by atoms with E-state index in [0.29, 0.717) is 19.1 Å². The van der Waals surface area contributed by atoms with Crippen molar-refractivity contribution in [3.8, 4) is 0 Å². The molecular weight excluding hydrogens is 321 g/mol. The van der Waals surface area contributed by atoms with Crippen LogP contribution in [0.4, 0.5) is 13.2 Å². The Kier molecular flexibility index (Phi) is 4.81. The molecule has 1 aliphatic rings. The van der Waals surface area contributed by atoms with Crippen molar-refractivity contribution in [1.29, 1.82) is 0 Å². The summed E-state index contributed by atoms with van der Waals surface area (Å²) in [7, 11) is 0. The monoisotopic (exact) mass is 340 g/mol. The van der Waals surface area contributed by atoms with Gasteiger partial charge in [0.2, 0.25) is 0 Å². The predicted octanol–water partition coefficient (Wildman–Crippen LogP) is 1.99. The number of hydrogen-bond acceptors (Lipinski definition) is 5. The van der Waals surface area contributed by atoms with Crippen LogP contribution in [0.2, 0.25) is 0 Å². The summed E-state index contributed by atoms with van der Waals surface area (Å²) in [6.45, 7) is 2.68. The van der Waals surface area contributed by atoms with Gasteiger partial charge in [0.25, 0.3) is 0 Å². The van der Waals surface area contributed by atoms with Crippen LogP contribution in [0.25, 0.3) is 0 Å². The maximum absolute atomic E-state index is 12.5. The third kappa shape index (κ3) is 3.90. The molecule has 1 aliphatic heterocycles. The van der Waals surface area contributed by atoms with Crippen molar-refractivity contribution in [1.82, 2.24) is 24.9 Å². The maximum Gasteiger partial charge on any atom is 0.433 e. The molecule has 2 aromatic heterocycles. The third-order valence-electron chi connectivity index (χ3n) is 4.22. The third-order valence-corrected chi connectivity index (χ3v) is 4.22. The lowest BCUT2D eigenvalue weighted by molar-refractivity contribution is -0.141. The number of halogens is 3. The van der Waals surface area contributed by atoms with E-state index in [2.05, 4.69) is 20.2 Å². The molecule has 0 bridgehead atoms. The minimum atomic E-state index is -4.39. The number of piperidine rings is 1. The molecule has 0 radical (unpaired) electrons. The van der Waals surface area contributed by atoms with Gasteiger partial charge in [-0.2, -0.15) is 13.2 Å². The van der Waals surface area contributed by atoms with E-state index in [1.165, 1.54) is 12.3 Å². The van der Waals surface area contributed by atoms with Crippen molar-refractivity contribution in [2.45, 2.75) is 38.1 Å². The highest BCUT2D eigenvalue weighted by Gasteiger charge is 2.32. The topological polar surface area (TPSA) is 72.9 Å². The van der Waals surface area contributed by atoms with Crippen molar-refractivity contribution >= 4 is 0 Å². The molecule has 3 heterocycles. The summed E-state index contributed by atoms with van der Waals surface area (Å²) in [4.78, 5) is 5.71. The number of hydrogen-bond donors (Lipinski definition) is 1. The van der Waals surface area contributed by atoms with Crippen LogP contribution in [0.3, 0.4) is 0 Å². The zero-order valence-corrected chi connectivity index (χ0v) is 13.1. The van der Waals surface area contributed by atoms with Crippen LogP contribution in [-0.4, -0.2) is 38.0 Å². The van der Waals surface area contributed by atoms with Gasteiger partial charge < -0.3 is 5.73 Å². The van der Waals surface area contributed by atoms with Crippen molar-refractivity contribution in [3.05, 3.63) is 41.5 Å². The van der Waals surface area contributed by atoms with Crippen LogP contribution in [0.5, 0.6) is 0 Å². The zero-order valence-electron chi connectivity index (χ0n) is 13.1. The van der Waals surface area contributed by atoms with Crippen LogP contribution >= 0.6 is 0 Å². The van der Waals surface area contributed by atoms with E-state index in [4.69, 9.17) is 5.73 Å². The summed E-state index contributed by atoms with van der Waals surface area (Å²) >= 11 is 0. The maximum atomic E-state index is 12.5. The molecule has 24 heavy (non-hydrogen) atoms. The first-order chi connectivity index (χ1) is 11.5. The number of nitrogens with zero attached hydrogens (tertiary/aromatic N) is 5. The van der Waals surface area contributed by atoms with Gasteiger partial charge in [0.05, 0.1) is 17.9 Å². The summed E-state index contributed by atoms with van der Waals surface area (Å²) < 4.78 is 39.4. The Morgan fingerprint density at radius 2 is 1.96 bits per heavy atom. The number of alkyl halides is 3. The average molecular weight is 340 g/mol. The number of nitrogens with two attached hydrogens (primary N) is 1. The van der Waals surface area contributed by atoms with Gasteiger partial charge in [0.15, 0.2) is 0 Å². The molecule has 0 amide bonds. The minimum absolute atomic E-state index is 0.291. The lowest BCUT2D eigenvalue weighted by Crippen LogP contribution is -2.34. The largest absolute Gasteiger partial charge is 0.433 e. The highest BCUT2D eigenvalue weighted by molar-refractivity contribution is 5.16. The summed E-state index contributed by atoms with van der Waals surface area (Å²) in [5.74, 6) is 0. The molecule has 130 valence electrons. The van der Waals surface area contributed by atoms with Crippen molar-refractivity contribution in [2.75, 3.05) is 13.1 Å². The van der Waals surface area contributed by atoms with E-state index < -0.39 is 11.9 Å². The van der Waals surface area contributed by atoms with E-state index >= 15 is 0 Å². The number of pyridine rings is 1. The fraction of sp³-hybridized carbons (Fsp3) is 0.533. The first-order valence-electron chi connectivity index (χ1n) is 7.81. The van der Waals surface area contributed by atoms with Crippen LogP contribution in [0.15, 0.2) is 24.5 Å². The van der Waals surface area contributed by atoms with Gasteiger partial charge in [0, 0.05) is 32.4 Å². The molecular formula is C15H19F3N6. The molecule has 0 unspecified atom stereocenters. The highest BCUT2D eigenvalue weighted by atomic mass is 19.4. The molecule has 9 heteroatoms. The van der Waals surface area contributed by atoms with Crippen molar-refractivity contribution < 1.29 is 13.2 Å². The minimum Gasteiger partial charge on any atom is -0.325 e. The fourth-order valence-electron chi connectivity index (χ4n) is 2.87. The second-order valence-electron chi connectivity index (χ2n) is 5.95. The Morgan fingerprint density at radius 3 is 2.50 bits per heavy atom. The molecule has 0 aromatic carbocycles. The van der Waals surface area contributed by atoms with Gasteiger partial charge in [-0.05, 0) is 24.5 Å². The summed E-state index contributed by atoms with van der Waals surface area (Å²) in [6.07, 6.45) is 0.625. The summed E-state index contributed by atoms with van der Waals surface area (Å²) in [6, 6.07) is 2.82. The first kappa shape index (κ1) is 16.8. The molecule has 0 saturated carbocycles. The second kappa shape index (κ2) is 6.86. The Morgan fingerprint density at radius 1 is 1.21 bits per heavy atom. The van der Waals surface area contributed by atoms with Gasteiger partial charge >= 0.3 is 6.18 Å². The highest BCUT2D eigenvalue weighted by Crippen LogP contribution is 2.28. The second-order valence-corrected chi connectivity index (χ2v) is 5.95. The Balaban J connectivity index is 1.53. The molecule has 2 aromatic rings. The lowest BCUT2D eigenvalue weighted by atomic mass is 10.0. The van der Waals surface area contributed by atoms with Gasteiger partial charge in [-0.25, -0.2) is 4.68 Å². The summed E-state index contributed by atoms with van der Waals surface area (Å²) in [5.41, 5.74) is 6.24. The van der Waals surface area contributed by atoms with Gasteiger partial charge in [-0.3, -0.25) is 9.88 Å². The predicted molar refractivity (Wildman–Crippen MR) is 80.7 cm³/mol. The molecule has 1 saturated heterocycles. The number of aromatic nitrogens is 4. The van der Waals surface area contributed by atoms with E-state index in [1.807, 2.05) is 10.9 Å². The number of rotatable bonds is 4. The van der Waals surface area contributed by atoms with Gasteiger partial charge in [-0.15, -0.1) is 5.10 Å². The van der Waals surface area contributed by atoms with Crippen LogP contribution < -0.4 is 5.73 Å². The molecule has 3 rings (SSSR count). The average Bonchev–Trinajstić information content (AvgIpc) is 3.04. The Labute approximate surface area is 137 Å². The van der Waals surface area contributed by atoms with E-state index in [-0.39, 0.29) is 0 Å². The SMILES string of the molecule is NCc1cn(C2CCN(Cc3ccc(C(F)(F)F)nc3)CC2)nn1. The molecule has 0 atom stereocenters. The quantitative estimate of drug-likeness (QED) is 0.921. The zero-order chi connectivity index (χ0) is 17.2. The molecule has 1 fully saturated rings. The smallest absolute Gasteiger partial charge is 0.325 e. The van der Waals surface area contributed by atoms with Crippen LogP contribution in [-0.2, 0) is 19.3 Å². The van der Waals surface area contributed by atoms with Crippen molar-refractivity contribution in [2.24, 2.45) is 5.73 Å². The van der Waals surface area contributed by atoms with E-state index in [0.717, 1.165) is 43.3 Å². The van der Waals surface area contributed by atoms with Gasteiger partial charge in [0.1, 0.15) is 5.69 Å². The van der Waals surface area contributed by atoms with E-state index in [9.17, 15) is 13.2 Å². The standard InChI is InChI=1S/C15H19F3N6/c16-15(17,18)14-2-1-11(8-20-14)9-23-5-3-13(4-6-23)24-10-12(7-19)21-22-24/h1-2,8,10,13H,3-7,9,19H2. The molecule has 6 nitrogen and oxygen atoms in total. The number of likely N-dealkylation sites (tertiary alicyclic amines) is 1. The molecule has 0 spiro atoms. The van der Waals surface area contributed by atoms with Crippen molar-refractivity contribution in [3.63, 3.8) is 0 Å². The lowest BCUT2D eigenvalue weighted by Gasteiger charge is -2.31. The Hall–Kier alpha value is -2.00. The van der Waals surface area contributed by atoms with E-state index in [1.54, 1.807) is 0 Å². The fourth-order valence-corrected chi connectivity index (χ4v) is 2.87. The van der Waals surface area contributed by atoms with Crippen LogP contribution in [0, 0.1) is 0 Å². The van der Waals surface area contributed by atoms with Gasteiger partial charge in [-0.1, -0.05) is 11.3 Å². The summed E-state index contributed by atoms with van der Waals surface area (Å²) in [5, 5.41) is 8.10. The first-order valence-corrected chi connectivity index (χ1v) is 7.81. The van der Waals surface area contributed by atoms with Crippen LogP contribution in [0.1, 0.15) is 35.8 Å². The molecule has 2 N–H and O–H groups in total. The normalized spacial score (nSPS) is 17.3.